The van der Waals surface area contributed by atoms with Crippen LogP contribution in [0.4, 0.5) is 0 Å². The summed E-state index contributed by atoms with van der Waals surface area (Å²) in [5, 5.41) is 3.04. The fraction of sp³-hybridized carbons (Fsp3) is 0.391. The fourth-order valence-electron chi connectivity index (χ4n) is 4.72. The SMILES string of the molecule is O=C(Cn1c(=O)oc2cc(S(=O)(=O)N3CCCC3)ccc21)N[C@@H]1CCCc2ccccc21. The molecule has 2 aliphatic rings. The van der Waals surface area contributed by atoms with E-state index in [4.69, 9.17) is 4.42 Å². The summed E-state index contributed by atoms with van der Waals surface area (Å²) < 4.78 is 33.6. The van der Waals surface area contributed by atoms with Gasteiger partial charge in [0.25, 0.3) is 0 Å². The summed E-state index contributed by atoms with van der Waals surface area (Å²) in [5.74, 6) is -0.972. The average molecular weight is 456 g/mol. The molecule has 1 saturated heterocycles. The van der Waals surface area contributed by atoms with Crippen LogP contribution < -0.4 is 11.1 Å². The summed E-state index contributed by atoms with van der Waals surface area (Å²) in [6.45, 7) is 0.800. The first-order valence-corrected chi connectivity index (χ1v) is 12.4. The van der Waals surface area contributed by atoms with E-state index < -0.39 is 15.8 Å². The Kier molecular flexibility index (Phi) is 5.38. The maximum Gasteiger partial charge on any atom is 0.420 e. The molecular formula is C23H25N3O5S. The Hall–Kier alpha value is -2.91. The van der Waals surface area contributed by atoms with Crippen molar-refractivity contribution in [3.8, 4) is 0 Å². The highest BCUT2D eigenvalue weighted by Crippen LogP contribution is 2.29. The highest BCUT2D eigenvalue weighted by Gasteiger charge is 2.28. The predicted molar refractivity (Wildman–Crippen MR) is 119 cm³/mol. The molecule has 1 aromatic heterocycles. The van der Waals surface area contributed by atoms with Crippen LogP contribution in [0.3, 0.4) is 0 Å². The number of aromatic nitrogens is 1. The van der Waals surface area contributed by atoms with Gasteiger partial charge in [0.15, 0.2) is 5.58 Å². The number of rotatable bonds is 5. The molecule has 1 aliphatic heterocycles. The van der Waals surface area contributed by atoms with Gasteiger partial charge in [-0.25, -0.2) is 13.2 Å². The van der Waals surface area contributed by atoms with Crippen molar-refractivity contribution in [2.24, 2.45) is 0 Å². The average Bonchev–Trinajstić information content (AvgIpc) is 3.43. The van der Waals surface area contributed by atoms with Crippen LogP contribution in [0.2, 0.25) is 0 Å². The van der Waals surface area contributed by atoms with Gasteiger partial charge >= 0.3 is 5.76 Å². The molecule has 2 aromatic carbocycles. The molecule has 2 heterocycles. The molecule has 1 aliphatic carbocycles. The lowest BCUT2D eigenvalue weighted by molar-refractivity contribution is -0.122. The normalized spacial score (nSPS) is 19.2. The van der Waals surface area contributed by atoms with Crippen molar-refractivity contribution >= 4 is 27.0 Å². The second kappa shape index (κ2) is 8.22. The van der Waals surface area contributed by atoms with Gasteiger partial charge in [0.2, 0.25) is 15.9 Å². The molecule has 1 fully saturated rings. The number of nitrogens with one attached hydrogen (secondary N) is 1. The lowest BCUT2D eigenvalue weighted by atomic mass is 9.88. The number of carbonyl (C=O) groups is 1. The molecule has 0 saturated carbocycles. The van der Waals surface area contributed by atoms with Crippen LogP contribution in [0.1, 0.15) is 42.9 Å². The molecular weight excluding hydrogens is 430 g/mol. The van der Waals surface area contributed by atoms with E-state index >= 15 is 0 Å². The third kappa shape index (κ3) is 3.75. The quantitative estimate of drug-likeness (QED) is 0.637. The van der Waals surface area contributed by atoms with E-state index in [2.05, 4.69) is 11.4 Å². The molecule has 3 aromatic rings. The van der Waals surface area contributed by atoms with Gasteiger partial charge in [-0.3, -0.25) is 9.36 Å². The van der Waals surface area contributed by atoms with Gasteiger partial charge in [0.1, 0.15) is 6.54 Å². The Balaban J connectivity index is 1.38. The highest BCUT2D eigenvalue weighted by molar-refractivity contribution is 7.89. The maximum absolute atomic E-state index is 12.8. The van der Waals surface area contributed by atoms with E-state index in [1.807, 2.05) is 18.2 Å². The van der Waals surface area contributed by atoms with Crippen LogP contribution in [0, 0.1) is 0 Å². The smallest absolute Gasteiger partial charge is 0.408 e. The highest BCUT2D eigenvalue weighted by atomic mass is 32.2. The second-order valence-corrected chi connectivity index (χ2v) is 10.3. The lowest BCUT2D eigenvalue weighted by Gasteiger charge is -2.26. The van der Waals surface area contributed by atoms with Crippen molar-refractivity contribution in [3.63, 3.8) is 0 Å². The zero-order valence-corrected chi connectivity index (χ0v) is 18.4. The summed E-state index contributed by atoms with van der Waals surface area (Å²) in [6.07, 6.45) is 4.52. The van der Waals surface area contributed by atoms with Crippen molar-refractivity contribution in [2.45, 2.75) is 49.6 Å². The van der Waals surface area contributed by atoms with E-state index in [0.717, 1.165) is 37.7 Å². The molecule has 1 atom stereocenters. The molecule has 5 rings (SSSR count). The van der Waals surface area contributed by atoms with Crippen molar-refractivity contribution in [1.29, 1.82) is 0 Å². The third-order valence-corrected chi connectivity index (χ3v) is 8.24. The fourth-order valence-corrected chi connectivity index (χ4v) is 6.25. The number of sulfonamides is 1. The molecule has 168 valence electrons. The Labute approximate surface area is 185 Å². The number of carbonyl (C=O) groups excluding carboxylic acids is 1. The number of benzene rings is 2. The van der Waals surface area contributed by atoms with Crippen LogP contribution in [0.5, 0.6) is 0 Å². The number of hydrogen-bond donors (Lipinski definition) is 1. The molecule has 9 heteroatoms. The molecule has 8 nitrogen and oxygen atoms in total. The third-order valence-electron chi connectivity index (χ3n) is 6.35. The summed E-state index contributed by atoms with van der Waals surface area (Å²) in [5.41, 5.74) is 2.91. The number of fused-ring (bicyclic) bond motifs is 2. The Morgan fingerprint density at radius 1 is 1.09 bits per heavy atom. The van der Waals surface area contributed by atoms with Gasteiger partial charge in [-0.05, 0) is 55.4 Å². The number of oxazole rings is 1. The zero-order valence-electron chi connectivity index (χ0n) is 17.6. The summed E-state index contributed by atoms with van der Waals surface area (Å²) >= 11 is 0. The first kappa shape index (κ1) is 21.0. The van der Waals surface area contributed by atoms with Gasteiger partial charge in [0, 0.05) is 19.2 Å². The number of nitrogens with zero attached hydrogens (tertiary/aromatic N) is 2. The zero-order chi connectivity index (χ0) is 22.3. The van der Waals surface area contributed by atoms with Gasteiger partial charge in [0.05, 0.1) is 16.5 Å². The van der Waals surface area contributed by atoms with Crippen molar-refractivity contribution < 1.29 is 17.6 Å². The monoisotopic (exact) mass is 455 g/mol. The molecule has 32 heavy (non-hydrogen) atoms. The van der Waals surface area contributed by atoms with Crippen molar-refractivity contribution in [3.05, 3.63) is 64.1 Å². The molecule has 0 unspecified atom stereocenters. The number of hydrogen-bond acceptors (Lipinski definition) is 5. The Bertz CT molecular complexity index is 1340. The van der Waals surface area contributed by atoms with Crippen molar-refractivity contribution in [2.75, 3.05) is 13.1 Å². The first-order valence-electron chi connectivity index (χ1n) is 10.9. The van der Waals surface area contributed by atoms with Gasteiger partial charge in [-0.2, -0.15) is 4.31 Å². The van der Waals surface area contributed by atoms with Crippen LogP contribution in [-0.2, 0) is 27.8 Å². The Morgan fingerprint density at radius 3 is 2.69 bits per heavy atom. The number of amides is 1. The summed E-state index contributed by atoms with van der Waals surface area (Å²) in [7, 11) is -3.62. The minimum absolute atomic E-state index is 0.0847. The van der Waals surface area contributed by atoms with Gasteiger partial charge in [-0.15, -0.1) is 0 Å². The van der Waals surface area contributed by atoms with E-state index in [1.54, 1.807) is 0 Å². The van der Waals surface area contributed by atoms with E-state index in [9.17, 15) is 18.0 Å². The first-order chi connectivity index (χ1) is 15.4. The van der Waals surface area contributed by atoms with Gasteiger partial charge in [-0.1, -0.05) is 24.3 Å². The summed E-state index contributed by atoms with van der Waals surface area (Å²) in [4.78, 5) is 25.3. The molecule has 1 N–H and O–H groups in total. The maximum atomic E-state index is 12.8. The molecule has 0 spiro atoms. The minimum Gasteiger partial charge on any atom is -0.408 e. The standard InChI is InChI=1S/C23H25N3O5S/c27-22(24-19-9-5-7-16-6-1-2-8-18(16)19)15-26-20-11-10-17(14-21(20)31-23(26)28)32(29,30)25-12-3-4-13-25/h1-2,6,8,10-11,14,19H,3-5,7,9,12-13,15H2,(H,24,27)/t19-/m1/s1. The number of aryl methyl sites for hydroxylation is 1. The lowest BCUT2D eigenvalue weighted by Crippen LogP contribution is -2.35. The largest absolute Gasteiger partial charge is 0.420 e. The second-order valence-electron chi connectivity index (χ2n) is 8.41. The van der Waals surface area contributed by atoms with Crippen LogP contribution in [-0.4, -0.2) is 36.3 Å². The predicted octanol–water partition coefficient (Wildman–Crippen LogP) is 2.57. The van der Waals surface area contributed by atoms with E-state index in [-0.39, 0.29) is 29.0 Å². The minimum atomic E-state index is -3.62. The van der Waals surface area contributed by atoms with Crippen LogP contribution in [0.25, 0.3) is 11.1 Å². The van der Waals surface area contributed by atoms with Crippen molar-refractivity contribution in [1.82, 2.24) is 14.2 Å². The Morgan fingerprint density at radius 2 is 1.88 bits per heavy atom. The summed E-state index contributed by atoms with van der Waals surface area (Å²) in [6, 6.07) is 12.4. The molecule has 0 bridgehead atoms. The van der Waals surface area contributed by atoms with Crippen LogP contribution >= 0.6 is 0 Å². The van der Waals surface area contributed by atoms with E-state index in [1.165, 1.54) is 32.6 Å². The van der Waals surface area contributed by atoms with Gasteiger partial charge < -0.3 is 9.73 Å². The molecule has 0 radical (unpaired) electrons. The topological polar surface area (TPSA) is 102 Å². The van der Waals surface area contributed by atoms with E-state index in [0.29, 0.717) is 18.6 Å². The molecule has 1 amide bonds. The van der Waals surface area contributed by atoms with Crippen LogP contribution in [0.15, 0.2) is 56.6 Å².